The van der Waals surface area contributed by atoms with Gasteiger partial charge < -0.3 is 14.6 Å². The monoisotopic (exact) mass is 279 g/mol. The molecule has 0 radical (unpaired) electrons. The normalized spacial score (nSPS) is 10.2. The second kappa shape index (κ2) is 5.71. The van der Waals surface area contributed by atoms with Gasteiger partial charge in [-0.15, -0.1) is 0 Å². The summed E-state index contributed by atoms with van der Waals surface area (Å²) < 4.78 is 10.7. The number of aromatic carboxylic acids is 1. The Kier molecular flexibility index (Phi) is 4.01. The molecule has 0 atom stereocenters. The first-order valence-electron chi connectivity index (χ1n) is 5.67. The lowest BCUT2D eigenvalue weighted by Gasteiger charge is -2.08. The predicted molar refractivity (Wildman–Crippen MR) is 71.5 cm³/mol. The molecule has 1 heterocycles. The van der Waals surface area contributed by atoms with Gasteiger partial charge in [-0.05, 0) is 24.6 Å². The lowest BCUT2D eigenvalue weighted by atomic mass is 10.2. The highest BCUT2D eigenvalue weighted by Gasteiger charge is 2.12. The van der Waals surface area contributed by atoms with Crippen LogP contribution in [0.2, 0.25) is 0 Å². The van der Waals surface area contributed by atoms with Gasteiger partial charge >= 0.3 is 5.97 Å². The van der Waals surface area contributed by atoms with Crippen LogP contribution in [0.5, 0.6) is 16.7 Å². The Morgan fingerprint density at radius 1 is 1.42 bits per heavy atom. The average molecular weight is 279 g/mol. The van der Waals surface area contributed by atoms with Crippen LogP contribution in [0.25, 0.3) is 0 Å². The SMILES string of the molecule is CCc1csc(Oc2cc(C(=O)O)ccc2OC)n1. The van der Waals surface area contributed by atoms with E-state index in [-0.39, 0.29) is 5.56 Å². The maximum atomic E-state index is 10.9. The fourth-order valence-corrected chi connectivity index (χ4v) is 2.25. The molecular weight excluding hydrogens is 266 g/mol. The highest BCUT2D eigenvalue weighted by Crippen LogP contribution is 2.33. The number of carboxylic acid groups (broad SMARTS) is 1. The average Bonchev–Trinajstić information content (AvgIpc) is 2.86. The van der Waals surface area contributed by atoms with Crippen LogP contribution in [-0.2, 0) is 6.42 Å². The van der Waals surface area contributed by atoms with Crippen molar-refractivity contribution in [1.82, 2.24) is 4.98 Å². The van der Waals surface area contributed by atoms with Crippen molar-refractivity contribution in [2.24, 2.45) is 0 Å². The number of nitrogens with zero attached hydrogens (tertiary/aromatic N) is 1. The van der Waals surface area contributed by atoms with E-state index in [2.05, 4.69) is 4.98 Å². The lowest BCUT2D eigenvalue weighted by Crippen LogP contribution is -1.98. The van der Waals surface area contributed by atoms with Crippen LogP contribution in [0, 0.1) is 0 Å². The van der Waals surface area contributed by atoms with Crippen molar-refractivity contribution in [2.45, 2.75) is 13.3 Å². The van der Waals surface area contributed by atoms with Crippen LogP contribution in [0.15, 0.2) is 23.6 Å². The van der Waals surface area contributed by atoms with E-state index in [9.17, 15) is 4.79 Å². The van der Waals surface area contributed by atoms with E-state index < -0.39 is 5.97 Å². The van der Waals surface area contributed by atoms with Gasteiger partial charge in [0.05, 0.1) is 18.4 Å². The van der Waals surface area contributed by atoms with Gasteiger partial charge in [0.15, 0.2) is 11.5 Å². The summed E-state index contributed by atoms with van der Waals surface area (Å²) in [5, 5.41) is 11.3. The molecule has 0 saturated carbocycles. The fourth-order valence-electron chi connectivity index (χ4n) is 1.48. The Hall–Kier alpha value is -2.08. The summed E-state index contributed by atoms with van der Waals surface area (Å²) in [4.78, 5) is 15.2. The minimum absolute atomic E-state index is 0.142. The molecule has 100 valence electrons. The van der Waals surface area contributed by atoms with Gasteiger partial charge in [-0.1, -0.05) is 18.3 Å². The van der Waals surface area contributed by atoms with Crippen LogP contribution in [0.4, 0.5) is 0 Å². The van der Waals surface area contributed by atoms with Gasteiger partial charge in [0.2, 0.25) is 0 Å². The summed E-state index contributed by atoms with van der Waals surface area (Å²) in [5.41, 5.74) is 1.08. The first-order valence-corrected chi connectivity index (χ1v) is 6.55. The molecule has 0 aliphatic rings. The van der Waals surface area contributed by atoms with E-state index in [0.29, 0.717) is 16.7 Å². The fraction of sp³-hybridized carbons (Fsp3) is 0.231. The maximum Gasteiger partial charge on any atom is 0.335 e. The number of carboxylic acids is 1. The largest absolute Gasteiger partial charge is 0.493 e. The highest BCUT2D eigenvalue weighted by molar-refractivity contribution is 7.11. The Balaban J connectivity index is 2.31. The molecule has 0 bridgehead atoms. The second-order valence-electron chi connectivity index (χ2n) is 3.73. The Morgan fingerprint density at radius 3 is 2.79 bits per heavy atom. The summed E-state index contributed by atoms with van der Waals surface area (Å²) >= 11 is 1.37. The highest BCUT2D eigenvalue weighted by atomic mass is 32.1. The summed E-state index contributed by atoms with van der Waals surface area (Å²) in [6, 6.07) is 4.45. The van der Waals surface area contributed by atoms with Crippen molar-refractivity contribution in [3.05, 3.63) is 34.8 Å². The van der Waals surface area contributed by atoms with E-state index in [1.165, 1.54) is 30.6 Å². The molecule has 2 rings (SSSR count). The third-order valence-corrected chi connectivity index (χ3v) is 3.27. The van der Waals surface area contributed by atoms with Gasteiger partial charge in [-0.25, -0.2) is 9.78 Å². The third-order valence-electron chi connectivity index (χ3n) is 2.50. The molecule has 1 aromatic carbocycles. The molecule has 1 N–H and O–H groups in total. The number of carbonyl (C=O) groups is 1. The summed E-state index contributed by atoms with van der Waals surface area (Å²) in [5.74, 6) is -0.196. The molecule has 0 fully saturated rings. The van der Waals surface area contributed by atoms with E-state index in [4.69, 9.17) is 14.6 Å². The van der Waals surface area contributed by atoms with Gasteiger partial charge in [0.1, 0.15) is 0 Å². The van der Waals surface area contributed by atoms with Crippen molar-refractivity contribution in [1.29, 1.82) is 0 Å². The van der Waals surface area contributed by atoms with Crippen LogP contribution in [0.3, 0.4) is 0 Å². The molecule has 0 spiro atoms. The molecule has 0 saturated heterocycles. The molecule has 2 aromatic rings. The molecule has 19 heavy (non-hydrogen) atoms. The predicted octanol–water partition coefficient (Wildman–Crippen LogP) is 3.20. The summed E-state index contributed by atoms with van der Waals surface area (Å²) in [7, 11) is 1.50. The number of hydrogen-bond acceptors (Lipinski definition) is 5. The number of aryl methyl sites for hydroxylation is 1. The molecule has 0 aliphatic carbocycles. The van der Waals surface area contributed by atoms with E-state index in [1.807, 2.05) is 12.3 Å². The molecule has 0 aliphatic heterocycles. The zero-order valence-electron chi connectivity index (χ0n) is 10.5. The number of ether oxygens (including phenoxy) is 2. The smallest absolute Gasteiger partial charge is 0.335 e. The molecule has 0 unspecified atom stereocenters. The third kappa shape index (κ3) is 3.03. The number of rotatable bonds is 5. The first-order chi connectivity index (χ1) is 9.13. The van der Waals surface area contributed by atoms with E-state index >= 15 is 0 Å². The minimum Gasteiger partial charge on any atom is -0.493 e. The van der Waals surface area contributed by atoms with E-state index in [1.54, 1.807) is 6.07 Å². The Bertz CT molecular complexity index is 594. The van der Waals surface area contributed by atoms with Crippen molar-refractivity contribution in [2.75, 3.05) is 7.11 Å². The van der Waals surface area contributed by atoms with Crippen molar-refractivity contribution >= 4 is 17.3 Å². The molecule has 6 heteroatoms. The van der Waals surface area contributed by atoms with Crippen molar-refractivity contribution < 1.29 is 19.4 Å². The topological polar surface area (TPSA) is 68.7 Å². The number of thiazole rings is 1. The molecular formula is C13H13NO4S. The standard InChI is InChI=1S/C13H13NO4S/c1-3-9-7-19-13(14-9)18-11-6-8(12(15)16)4-5-10(11)17-2/h4-7H,3H2,1-2H3,(H,15,16). The number of hydrogen-bond donors (Lipinski definition) is 1. The zero-order valence-corrected chi connectivity index (χ0v) is 11.4. The van der Waals surface area contributed by atoms with Gasteiger partial charge in [-0.2, -0.15) is 0 Å². The summed E-state index contributed by atoms with van der Waals surface area (Å²) in [6.07, 6.45) is 0.826. The second-order valence-corrected chi connectivity index (χ2v) is 4.55. The van der Waals surface area contributed by atoms with Gasteiger partial charge in [-0.3, -0.25) is 0 Å². The van der Waals surface area contributed by atoms with Crippen molar-refractivity contribution in [3.8, 4) is 16.7 Å². The van der Waals surface area contributed by atoms with Gasteiger partial charge in [0.25, 0.3) is 5.19 Å². The maximum absolute atomic E-state index is 10.9. The van der Waals surface area contributed by atoms with E-state index in [0.717, 1.165) is 12.1 Å². The molecule has 5 nitrogen and oxygen atoms in total. The van der Waals surface area contributed by atoms with Gasteiger partial charge in [0, 0.05) is 5.38 Å². The van der Waals surface area contributed by atoms with Crippen LogP contribution in [0.1, 0.15) is 23.0 Å². The quantitative estimate of drug-likeness (QED) is 0.910. The Labute approximate surface area is 114 Å². The van der Waals surface area contributed by atoms with Crippen LogP contribution in [-0.4, -0.2) is 23.2 Å². The summed E-state index contributed by atoms with van der Waals surface area (Å²) in [6.45, 7) is 2.00. The van der Waals surface area contributed by atoms with Crippen LogP contribution >= 0.6 is 11.3 Å². The van der Waals surface area contributed by atoms with Crippen molar-refractivity contribution in [3.63, 3.8) is 0 Å². The number of methoxy groups -OCH3 is 1. The number of benzene rings is 1. The lowest BCUT2D eigenvalue weighted by molar-refractivity contribution is 0.0696. The minimum atomic E-state index is -1.01. The number of aromatic nitrogens is 1. The Morgan fingerprint density at radius 2 is 2.21 bits per heavy atom. The zero-order chi connectivity index (χ0) is 13.8. The van der Waals surface area contributed by atoms with Crippen LogP contribution < -0.4 is 9.47 Å². The molecule has 0 amide bonds. The first kappa shape index (κ1) is 13.4. The molecule has 1 aromatic heterocycles.